The van der Waals surface area contributed by atoms with Gasteiger partial charge in [0.1, 0.15) is 0 Å². The zero-order valence-corrected chi connectivity index (χ0v) is 11.6. The maximum Gasteiger partial charge on any atom is 0.308 e. The molecule has 0 rings (SSSR count). The maximum absolute atomic E-state index is 10.5. The Morgan fingerprint density at radius 1 is 1.40 bits per heavy atom. The molecule has 2 nitrogen and oxygen atoms in total. The molecule has 0 aliphatic carbocycles. The van der Waals surface area contributed by atoms with Crippen LogP contribution in [-0.4, -0.2) is 19.1 Å². The molecule has 0 saturated carbocycles. The molecule has 0 aromatic carbocycles. The summed E-state index contributed by atoms with van der Waals surface area (Å²) >= 11 is 0. The van der Waals surface area contributed by atoms with Gasteiger partial charge in [-0.1, -0.05) is 39.6 Å². The fraction of sp³-hybridized carbons (Fsp3) is 0.667. The summed E-state index contributed by atoms with van der Waals surface area (Å²) in [5, 5.41) is 8.89. The lowest BCUT2D eigenvalue weighted by Crippen LogP contribution is -2.34. The van der Waals surface area contributed by atoms with E-state index in [9.17, 15) is 4.79 Å². The van der Waals surface area contributed by atoms with Gasteiger partial charge in [0.15, 0.2) is 0 Å². The lowest BCUT2D eigenvalue weighted by molar-refractivity contribution is -0.136. The van der Waals surface area contributed by atoms with Gasteiger partial charge >= 0.3 is 5.97 Å². The van der Waals surface area contributed by atoms with Gasteiger partial charge in [-0.2, -0.15) is 0 Å². The molecule has 0 heterocycles. The Labute approximate surface area is 93.7 Å². The second kappa shape index (κ2) is 4.82. The molecule has 0 fully saturated rings. The van der Waals surface area contributed by atoms with Crippen molar-refractivity contribution in [2.24, 2.45) is 0 Å². The Morgan fingerprint density at radius 2 is 1.87 bits per heavy atom. The number of carbonyl (C=O) groups is 1. The zero-order valence-electron chi connectivity index (χ0n) is 10.6. The van der Waals surface area contributed by atoms with Crippen molar-refractivity contribution in [3.05, 3.63) is 17.0 Å². The van der Waals surface area contributed by atoms with E-state index in [0.717, 1.165) is 5.57 Å². The molecule has 3 heteroatoms. The van der Waals surface area contributed by atoms with Crippen LogP contribution < -0.4 is 0 Å². The maximum atomic E-state index is 10.5. The highest BCUT2D eigenvalue weighted by Crippen LogP contribution is 2.36. The second-order valence-electron chi connectivity index (χ2n) is 5.61. The van der Waals surface area contributed by atoms with Crippen LogP contribution in [0.2, 0.25) is 18.1 Å². The number of hydrogen-bond acceptors (Lipinski definition) is 1. The molecule has 0 saturated heterocycles. The van der Waals surface area contributed by atoms with Gasteiger partial charge in [-0.15, -0.1) is 5.73 Å². The van der Waals surface area contributed by atoms with Crippen LogP contribution in [0.4, 0.5) is 0 Å². The van der Waals surface area contributed by atoms with Gasteiger partial charge in [-0.3, -0.25) is 4.79 Å². The largest absolute Gasteiger partial charge is 0.481 e. The van der Waals surface area contributed by atoms with E-state index < -0.39 is 14.0 Å². The Balaban J connectivity index is 4.85. The molecule has 0 bridgehead atoms. The van der Waals surface area contributed by atoms with Crippen LogP contribution in [0.1, 0.15) is 34.1 Å². The molecule has 86 valence electrons. The van der Waals surface area contributed by atoms with E-state index in [2.05, 4.69) is 45.3 Å². The quantitative estimate of drug-likeness (QED) is 0.589. The normalized spacial score (nSPS) is 11.9. The highest BCUT2D eigenvalue weighted by Gasteiger charge is 2.32. The molecule has 1 N–H and O–H groups in total. The summed E-state index contributed by atoms with van der Waals surface area (Å²) in [5.74, 6) is -0.788. The second-order valence-corrected chi connectivity index (χ2v) is 10.8. The van der Waals surface area contributed by atoms with E-state index in [0.29, 0.717) is 0 Å². The molecule has 0 aromatic heterocycles. The molecule has 0 aliphatic rings. The molecule has 0 spiro atoms. The van der Waals surface area contributed by atoms with Crippen molar-refractivity contribution in [1.82, 2.24) is 0 Å². The van der Waals surface area contributed by atoms with Crippen LogP contribution >= 0.6 is 0 Å². The minimum atomic E-state index is -1.47. The first-order valence-corrected chi connectivity index (χ1v) is 8.29. The lowest BCUT2D eigenvalue weighted by atomic mass is 10.2. The van der Waals surface area contributed by atoms with Crippen molar-refractivity contribution in [2.75, 3.05) is 0 Å². The van der Waals surface area contributed by atoms with Crippen LogP contribution in [0.3, 0.4) is 0 Å². The minimum absolute atomic E-state index is 0.0884. The minimum Gasteiger partial charge on any atom is -0.481 e. The molecule has 0 amide bonds. The highest BCUT2D eigenvalue weighted by molar-refractivity contribution is 6.84. The zero-order chi connectivity index (χ0) is 12.3. The van der Waals surface area contributed by atoms with E-state index >= 15 is 0 Å². The topological polar surface area (TPSA) is 37.3 Å². The first kappa shape index (κ1) is 14.2. The number of rotatable bonds is 3. The molecular weight excluding hydrogens is 204 g/mol. The van der Waals surface area contributed by atoms with Crippen molar-refractivity contribution in [3.8, 4) is 0 Å². The number of carboxylic acid groups (broad SMARTS) is 1. The van der Waals surface area contributed by atoms with Gasteiger partial charge in [-0.05, 0) is 17.5 Å². The van der Waals surface area contributed by atoms with E-state index in [4.69, 9.17) is 5.11 Å². The van der Waals surface area contributed by atoms with Crippen molar-refractivity contribution in [1.29, 1.82) is 0 Å². The molecule has 0 atom stereocenters. The third-order valence-electron chi connectivity index (χ3n) is 3.03. The fourth-order valence-electron chi connectivity index (χ4n) is 0.798. The van der Waals surface area contributed by atoms with E-state index in [1.165, 1.54) is 0 Å². The van der Waals surface area contributed by atoms with Crippen LogP contribution in [0.5, 0.6) is 0 Å². The first-order valence-electron chi connectivity index (χ1n) is 5.21. The SMILES string of the molecule is CC(=C=C[Si](C)(C)C(C)(C)C)CC(=O)O. The van der Waals surface area contributed by atoms with Gasteiger partial charge in [-0.25, -0.2) is 0 Å². The molecule has 15 heavy (non-hydrogen) atoms. The summed E-state index contributed by atoms with van der Waals surface area (Å²) in [6.07, 6.45) is 0.0884. The predicted molar refractivity (Wildman–Crippen MR) is 66.7 cm³/mol. The van der Waals surface area contributed by atoms with Crippen molar-refractivity contribution >= 4 is 14.0 Å². The van der Waals surface area contributed by atoms with Crippen LogP contribution in [0.25, 0.3) is 0 Å². The van der Waals surface area contributed by atoms with Crippen molar-refractivity contribution < 1.29 is 9.90 Å². The van der Waals surface area contributed by atoms with Gasteiger partial charge in [0.2, 0.25) is 0 Å². The van der Waals surface area contributed by atoms with E-state index in [1.807, 2.05) is 6.92 Å². The Morgan fingerprint density at radius 3 is 2.20 bits per heavy atom. The first-order chi connectivity index (χ1) is 6.56. The third kappa shape index (κ3) is 5.00. The average Bonchev–Trinajstić information content (AvgIpc) is 1.97. The number of carboxylic acids is 1. The summed E-state index contributed by atoms with van der Waals surface area (Å²) in [6.45, 7) is 13.0. The van der Waals surface area contributed by atoms with Gasteiger partial charge < -0.3 is 5.11 Å². The van der Waals surface area contributed by atoms with Gasteiger partial charge in [0.05, 0.1) is 14.5 Å². The molecule has 0 radical (unpaired) electrons. The lowest BCUT2D eigenvalue weighted by Gasteiger charge is -2.33. The monoisotopic (exact) mass is 226 g/mol. The summed E-state index contributed by atoms with van der Waals surface area (Å²) in [6, 6.07) is 0. The average molecular weight is 226 g/mol. The van der Waals surface area contributed by atoms with Crippen LogP contribution in [0.15, 0.2) is 17.0 Å². The van der Waals surface area contributed by atoms with Crippen molar-refractivity contribution in [2.45, 2.75) is 52.2 Å². The standard InChI is InChI=1S/C12H22O2Si/c1-10(9-11(13)14)7-8-15(5,6)12(2,3)4/h8H,9H2,1-6H3,(H,13,14). The summed E-state index contributed by atoms with van der Waals surface area (Å²) < 4.78 is 0. The predicted octanol–water partition coefficient (Wildman–Crippen LogP) is 3.61. The molecule has 0 aromatic rings. The summed E-state index contributed by atoms with van der Waals surface area (Å²) in [5.41, 5.74) is 6.05. The summed E-state index contributed by atoms with van der Waals surface area (Å²) in [4.78, 5) is 10.5. The Hall–Kier alpha value is -0.793. The van der Waals surface area contributed by atoms with Crippen LogP contribution in [-0.2, 0) is 4.79 Å². The van der Waals surface area contributed by atoms with E-state index in [1.54, 1.807) is 0 Å². The molecular formula is C12H22O2Si. The smallest absolute Gasteiger partial charge is 0.308 e. The molecule has 0 unspecified atom stereocenters. The number of aliphatic carboxylic acids is 1. The Bertz CT molecular complexity index is 302. The van der Waals surface area contributed by atoms with E-state index in [-0.39, 0.29) is 11.5 Å². The van der Waals surface area contributed by atoms with Gasteiger partial charge in [0.25, 0.3) is 0 Å². The molecule has 0 aliphatic heterocycles. The number of hydrogen-bond donors (Lipinski definition) is 1. The third-order valence-corrected chi connectivity index (χ3v) is 7.76. The summed E-state index contributed by atoms with van der Waals surface area (Å²) in [7, 11) is -1.47. The highest BCUT2D eigenvalue weighted by atomic mass is 28.3. The Kier molecular flexibility index (Phi) is 4.56. The van der Waals surface area contributed by atoms with Gasteiger partial charge in [0, 0.05) is 0 Å². The van der Waals surface area contributed by atoms with Crippen molar-refractivity contribution in [3.63, 3.8) is 0 Å². The van der Waals surface area contributed by atoms with Crippen LogP contribution in [0, 0.1) is 0 Å². The fourth-order valence-corrected chi connectivity index (χ4v) is 1.84.